The van der Waals surface area contributed by atoms with Gasteiger partial charge in [0, 0.05) is 72.7 Å². The second-order valence-electron chi connectivity index (χ2n) is 16.4. The molecule has 1 rings (SSSR count). The first-order valence-corrected chi connectivity index (χ1v) is 25.3. The number of aliphatic hydroxyl groups is 2. The quantitative estimate of drug-likeness (QED) is 0.0463. The molecule has 9 nitrogen and oxygen atoms in total. The average Bonchev–Trinajstić information content (AvgIpc) is 3.50. The van der Waals surface area contributed by atoms with Gasteiger partial charge in [0.25, 0.3) is 0 Å². The number of Topliss-reactive ketones (excluding diaryl/α,β-unsaturated/α-hetero) is 1. The zero-order valence-corrected chi connectivity index (χ0v) is 41.0. The van der Waals surface area contributed by atoms with Crippen LogP contribution in [0.2, 0.25) is 0 Å². The summed E-state index contributed by atoms with van der Waals surface area (Å²) < 4.78 is 19.8. The van der Waals surface area contributed by atoms with E-state index in [0.29, 0.717) is 32.7 Å². The lowest BCUT2D eigenvalue weighted by Gasteiger charge is -2.05. The predicted molar refractivity (Wildman–Crippen MR) is 273 cm³/mol. The first-order chi connectivity index (χ1) is 29.3. The van der Waals surface area contributed by atoms with Gasteiger partial charge >= 0.3 is 11.9 Å². The van der Waals surface area contributed by atoms with Gasteiger partial charge in [-0.3, -0.25) is 9.59 Å². The maximum Gasteiger partial charge on any atom is 0.305 e. The SMILES string of the molecule is CCCCCCCCCCO.CCCCCCCCCCOC.CCCCCCCCCCOC(=O)CCCCCO.COCCCCCC(C)=O.O=C1CCCCCO1.[HH].[HH].[HH].[HH].[HH].[HH].[HH].[HH].[HH]. The zero-order valence-electron chi connectivity index (χ0n) is 41.0. The Morgan fingerprint density at radius 3 is 1.28 bits per heavy atom. The summed E-state index contributed by atoms with van der Waals surface area (Å²) in [4.78, 5) is 32.2. The van der Waals surface area contributed by atoms with E-state index < -0.39 is 0 Å². The number of cyclic esters (lactones) is 1. The predicted octanol–water partition coefficient (Wildman–Crippen LogP) is 16.2. The monoisotopic (exact) mass is 879 g/mol. The average molecular weight is 880 g/mol. The molecule has 0 bridgehead atoms. The maximum absolute atomic E-state index is 11.3. The molecule has 1 aliphatic heterocycles. The number of ketones is 1. The van der Waals surface area contributed by atoms with Crippen molar-refractivity contribution in [1.29, 1.82) is 0 Å². The molecule has 1 saturated heterocycles. The summed E-state index contributed by atoms with van der Waals surface area (Å²) in [6.45, 7) is 11.9. The molecule has 0 saturated carbocycles. The van der Waals surface area contributed by atoms with Crippen LogP contribution in [-0.2, 0) is 33.3 Å². The van der Waals surface area contributed by atoms with Crippen molar-refractivity contribution < 1.29 is 56.4 Å². The summed E-state index contributed by atoms with van der Waals surface area (Å²) in [5, 5.41) is 17.1. The smallest absolute Gasteiger partial charge is 0.305 e. The second-order valence-corrected chi connectivity index (χ2v) is 16.4. The molecule has 0 aliphatic carbocycles. The van der Waals surface area contributed by atoms with Crippen LogP contribution in [0.4, 0.5) is 0 Å². The summed E-state index contributed by atoms with van der Waals surface area (Å²) in [5.74, 6) is 0.181. The Hall–Kier alpha value is -1.55. The van der Waals surface area contributed by atoms with Gasteiger partial charge in [0.1, 0.15) is 5.78 Å². The van der Waals surface area contributed by atoms with E-state index in [2.05, 4.69) is 20.8 Å². The Kier molecular flexibility index (Phi) is 69.5. The van der Waals surface area contributed by atoms with E-state index in [1.807, 2.05) is 0 Å². The molecule has 0 aromatic rings. The molecule has 0 atom stereocenters. The van der Waals surface area contributed by atoms with E-state index in [4.69, 9.17) is 29.2 Å². The van der Waals surface area contributed by atoms with Gasteiger partial charge in [-0.05, 0) is 71.1 Å². The summed E-state index contributed by atoms with van der Waals surface area (Å²) in [5.41, 5.74) is 0. The van der Waals surface area contributed by atoms with Crippen LogP contribution in [0.3, 0.4) is 0 Å². The summed E-state index contributed by atoms with van der Waals surface area (Å²) in [6, 6.07) is 0. The van der Waals surface area contributed by atoms with Crippen LogP contribution in [0.25, 0.3) is 0 Å². The molecule has 0 amide bonds. The van der Waals surface area contributed by atoms with Crippen molar-refractivity contribution in [2.75, 3.05) is 53.9 Å². The molecule has 0 spiro atoms. The van der Waals surface area contributed by atoms with Gasteiger partial charge in [-0.2, -0.15) is 0 Å². The molecule has 1 fully saturated rings. The van der Waals surface area contributed by atoms with E-state index in [0.717, 1.165) is 90.3 Å². The molecular weight excluding hydrogens is 757 g/mol. The largest absolute Gasteiger partial charge is 0.466 e. The number of aliphatic hydroxyl groups excluding tert-OH is 2. The number of esters is 2. The van der Waals surface area contributed by atoms with E-state index in [1.165, 1.54) is 141 Å². The summed E-state index contributed by atoms with van der Waals surface area (Å²) in [6.07, 6.45) is 42.3. The highest BCUT2D eigenvalue weighted by Crippen LogP contribution is 2.11. The molecular formula is C51H122O9. The highest BCUT2D eigenvalue weighted by molar-refractivity contribution is 5.75. The molecule has 0 aromatic heterocycles. The highest BCUT2D eigenvalue weighted by atomic mass is 16.5. The van der Waals surface area contributed by atoms with Crippen molar-refractivity contribution >= 4 is 17.7 Å². The van der Waals surface area contributed by atoms with Crippen LogP contribution < -0.4 is 0 Å². The van der Waals surface area contributed by atoms with E-state index in [9.17, 15) is 14.4 Å². The number of rotatable bonds is 37. The van der Waals surface area contributed by atoms with Crippen LogP contribution in [0.1, 0.15) is 272 Å². The van der Waals surface area contributed by atoms with Crippen LogP contribution in [-0.4, -0.2) is 81.8 Å². The van der Waals surface area contributed by atoms with Crippen molar-refractivity contribution in [3.63, 3.8) is 0 Å². The van der Waals surface area contributed by atoms with Crippen LogP contribution in [0, 0.1) is 0 Å². The van der Waals surface area contributed by atoms with E-state index >= 15 is 0 Å². The third kappa shape index (κ3) is 73.9. The van der Waals surface area contributed by atoms with Gasteiger partial charge in [-0.1, -0.05) is 168 Å². The molecule has 0 radical (unpaired) electrons. The maximum atomic E-state index is 11.3. The number of methoxy groups -OCH3 is 2. The zero-order chi connectivity index (χ0) is 45.3. The number of carbonyl (C=O) groups is 3. The first kappa shape index (κ1) is 65.1. The summed E-state index contributed by atoms with van der Waals surface area (Å²) in [7, 11) is 3.48. The minimum Gasteiger partial charge on any atom is -0.466 e. The Bertz CT molecular complexity index is 803. The van der Waals surface area contributed by atoms with Crippen molar-refractivity contribution in [3.05, 3.63) is 0 Å². The molecule has 0 aromatic carbocycles. The van der Waals surface area contributed by atoms with Crippen LogP contribution >= 0.6 is 0 Å². The van der Waals surface area contributed by atoms with Crippen molar-refractivity contribution in [2.24, 2.45) is 0 Å². The third-order valence-electron chi connectivity index (χ3n) is 10.2. The third-order valence-corrected chi connectivity index (χ3v) is 10.2. The van der Waals surface area contributed by atoms with Crippen LogP contribution in [0.5, 0.6) is 0 Å². The molecule has 1 heterocycles. The Morgan fingerprint density at radius 1 is 0.500 bits per heavy atom. The number of carbonyl (C=O) groups excluding carboxylic acids is 3. The Balaban J connectivity index is -0.0000000514. The molecule has 2 N–H and O–H groups in total. The molecule has 60 heavy (non-hydrogen) atoms. The number of hydrogen-bond donors (Lipinski definition) is 2. The topological polar surface area (TPSA) is 129 Å². The van der Waals surface area contributed by atoms with E-state index in [-0.39, 0.29) is 37.2 Å². The van der Waals surface area contributed by atoms with Crippen molar-refractivity contribution in [2.45, 2.75) is 259 Å². The number of unbranched alkanes of at least 4 members (excludes halogenated alkanes) is 25. The fourth-order valence-electron chi connectivity index (χ4n) is 6.28. The standard InChI is InChI=1S/C16H32O3.C11H24O.C10H22O.C8H16O2.C6H10O2.9H2/c1-2-3-4-5-6-7-8-12-15-19-16(18)13-10-9-11-14-17;1-3-4-5-6-7-8-9-10-11-12-2;1-2-3-4-5-6-7-8-9-10-11;1-8(9)6-4-3-5-7-10-2;7-6-4-2-1-3-5-8-6;;;;;;;;;/h17H,2-15H2,1H3;3-11H2,1-2H3;11H,2-10H2,1H3;3-7H2,1-2H3;1-5H2;9*1H. The lowest BCUT2D eigenvalue weighted by Crippen LogP contribution is -2.05. The number of ether oxygens (including phenoxy) is 4. The van der Waals surface area contributed by atoms with Gasteiger partial charge in [-0.15, -0.1) is 0 Å². The molecule has 0 unspecified atom stereocenters. The van der Waals surface area contributed by atoms with Crippen molar-refractivity contribution in [3.8, 4) is 0 Å². The summed E-state index contributed by atoms with van der Waals surface area (Å²) >= 11 is 0. The van der Waals surface area contributed by atoms with Gasteiger partial charge in [0.05, 0.1) is 13.2 Å². The lowest BCUT2D eigenvalue weighted by molar-refractivity contribution is -0.144. The van der Waals surface area contributed by atoms with E-state index in [1.54, 1.807) is 21.1 Å². The fourth-order valence-corrected chi connectivity index (χ4v) is 6.28. The van der Waals surface area contributed by atoms with Crippen LogP contribution in [0.15, 0.2) is 0 Å². The fraction of sp³-hybridized carbons (Fsp3) is 0.941. The normalized spacial score (nSPS) is 11.9. The van der Waals surface area contributed by atoms with Gasteiger partial charge in [0.2, 0.25) is 0 Å². The van der Waals surface area contributed by atoms with Gasteiger partial charge in [-0.25, -0.2) is 0 Å². The lowest BCUT2D eigenvalue weighted by atomic mass is 10.1. The molecule has 9 heteroatoms. The number of hydrogen-bond acceptors (Lipinski definition) is 9. The highest BCUT2D eigenvalue weighted by Gasteiger charge is 2.06. The van der Waals surface area contributed by atoms with Gasteiger partial charge < -0.3 is 34.0 Å². The Labute approximate surface area is 386 Å². The minimum absolute atomic E-state index is 0. The van der Waals surface area contributed by atoms with Crippen molar-refractivity contribution in [1.82, 2.24) is 0 Å². The molecule has 380 valence electrons. The minimum atomic E-state index is -0.0825. The molecule has 1 aliphatic rings. The van der Waals surface area contributed by atoms with Gasteiger partial charge in [0.15, 0.2) is 0 Å². The Morgan fingerprint density at radius 2 is 0.867 bits per heavy atom. The second kappa shape index (κ2) is 64.1. The first-order valence-electron chi connectivity index (χ1n) is 25.3.